The monoisotopic (exact) mass is 322 g/mol. The summed E-state index contributed by atoms with van der Waals surface area (Å²) in [6.45, 7) is 4.58. The largest absolute Gasteiger partial charge is 0.387 e. The van der Waals surface area contributed by atoms with Crippen LogP contribution in [0.2, 0.25) is 0 Å². The number of hydrogen-bond acceptors (Lipinski definition) is 3. The third-order valence-electron chi connectivity index (χ3n) is 4.25. The zero-order valence-electron chi connectivity index (χ0n) is 13.5. The van der Waals surface area contributed by atoms with E-state index in [9.17, 15) is 14.0 Å². The molecule has 5 nitrogen and oxygen atoms in total. The van der Waals surface area contributed by atoms with Crippen LogP contribution in [-0.2, 0) is 16.1 Å². The maximum atomic E-state index is 13.0. The van der Waals surface area contributed by atoms with Gasteiger partial charge in [-0.05, 0) is 23.6 Å². The van der Waals surface area contributed by atoms with Crippen LogP contribution in [-0.4, -0.2) is 52.5 Å². The molecule has 1 aliphatic rings. The van der Waals surface area contributed by atoms with E-state index in [1.165, 1.54) is 12.1 Å². The number of hydrogen-bond donors (Lipinski definition) is 1. The average Bonchev–Trinajstić information content (AvgIpc) is 2.69. The number of benzene rings is 1. The van der Waals surface area contributed by atoms with E-state index < -0.39 is 6.61 Å². The molecule has 0 spiro atoms. The predicted molar refractivity (Wildman–Crippen MR) is 83.9 cm³/mol. The van der Waals surface area contributed by atoms with Crippen LogP contribution in [0.3, 0.4) is 0 Å². The van der Waals surface area contributed by atoms with Gasteiger partial charge in [-0.15, -0.1) is 0 Å². The van der Waals surface area contributed by atoms with Gasteiger partial charge in [0.15, 0.2) is 0 Å². The summed E-state index contributed by atoms with van der Waals surface area (Å²) in [5.41, 5.74) is 0.854. The van der Waals surface area contributed by atoms with Gasteiger partial charge in [0.25, 0.3) is 0 Å². The number of aliphatic hydroxyl groups is 1. The van der Waals surface area contributed by atoms with Gasteiger partial charge < -0.3 is 14.9 Å². The molecule has 1 heterocycles. The minimum atomic E-state index is -0.545. The van der Waals surface area contributed by atoms with E-state index in [4.69, 9.17) is 5.11 Å². The zero-order chi connectivity index (χ0) is 17.0. The molecule has 0 unspecified atom stereocenters. The number of aliphatic hydroxyl groups excluding tert-OH is 1. The van der Waals surface area contributed by atoms with Crippen molar-refractivity contribution in [3.05, 3.63) is 35.6 Å². The summed E-state index contributed by atoms with van der Waals surface area (Å²) in [7, 11) is 0. The Morgan fingerprint density at radius 2 is 2.00 bits per heavy atom. The summed E-state index contributed by atoms with van der Waals surface area (Å²) in [6.07, 6.45) is 0.232. The van der Waals surface area contributed by atoms with Crippen molar-refractivity contribution in [2.75, 3.05) is 19.7 Å². The first kappa shape index (κ1) is 17.4. The molecule has 23 heavy (non-hydrogen) atoms. The normalized spacial score (nSPS) is 19.2. The fourth-order valence-electron chi connectivity index (χ4n) is 2.86. The molecule has 126 valence electrons. The molecule has 1 fully saturated rings. The van der Waals surface area contributed by atoms with Gasteiger partial charge in [0.05, 0.1) is 6.04 Å². The van der Waals surface area contributed by atoms with Crippen LogP contribution in [0, 0.1) is 11.7 Å². The second-order valence-corrected chi connectivity index (χ2v) is 6.21. The fourth-order valence-corrected chi connectivity index (χ4v) is 2.86. The third kappa shape index (κ3) is 4.28. The number of amides is 2. The highest BCUT2D eigenvalue weighted by Crippen LogP contribution is 2.21. The van der Waals surface area contributed by atoms with Crippen molar-refractivity contribution in [3.63, 3.8) is 0 Å². The lowest BCUT2D eigenvalue weighted by Crippen LogP contribution is -2.47. The van der Waals surface area contributed by atoms with Crippen molar-refractivity contribution in [2.45, 2.75) is 32.9 Å². The Hall–Kier alpha value is -1.95. The molecule has 0 aromatic heterocycles. The Kier molecular flexibility index (Phi) is 5.71. The summed E-state index contributed by atoms with van der Waals surface area (Å²) >= 11 is 0. The SMILES string of the molecule is CC(C)[C@H]1CN(C(=O)CO)CCC(=O)N1Cc1ccc(F)cc1. The molecule has 0 radical (unpaired) electrons. The van der Waals surface area contributed by atoms with Crippen molar-refractivity contribution >= 4 is 11.8 Å². The number of rotatable bonds is 4. The molecule has 0 saturated carbocycles. The second-order valence-electron chi connectivity index (χ2n) is 6.21. The molecule has 2 amide bonds. The highest BCUT2D eigenvalue weighted by atomic mass is 19.1. The maximum absolute atomic E-state index is 13.0. The lowest BCUT2D eigenvalue weighted by Gasteiger charge is -2.34. The van der Waals surface area contributed by atoms with Gasteiger partial charge >= 0.3 is 0 Å². The molecule has 6 heteroatoms. The quantitative estimate of drug-likeness (QED) is 0.911. The smallest absolute Gasteiger partial charge is 0.248 e. The zero-order valence-corrected chi connectivity index (χ0v) is 13.5. The van der Waals surface area contributed by atoms with E-state index in [1.807, 2.05) is 13.8 Å². The molecule has 1 aliphatic heterocycles. The van der Waals surface area contributed by atoms with Crippen molar-refractivity contribution in [2.24, 2.45) is 5.92 Å². The fraction of sp³-hybridized carbons (Fsp3) is 0.529. The summed E-state index contributed by atoms with van der Waals surface area (Å²) in [5, 5.41) is 9.07. The van der Waals surface area contributed by atoms with Crippen LogP contribution >= 0.6 is 0 Å². The van der Waals surface area contributed by atoms with Gasteiger partial charge in [-0.1, -0.05) is 26.0 Å². The van der Waals surface area contributed by atoms with E-state index in [2.05, 4.69) is 0 Å². The molecule has 1 saturated heterocycles. The third-order valence-corrected chi connectivity index (χ3v) is 4.25. The molecule has 1 atom stereocenters. The van der Waals surface area contributed by atoms with Gasteiger partial charge in [0.2, 0.25) is 11.8 Å². The predicted octanol–water partition coefficient (Wildman–Crippen LogP) is 1.40. The van der Waals surface area contributed by atoms with Crippen molar-refractivity contribution in [1.29, 1.82) is 0 Å². The van der Waals surface area contributed by atoms with Crippen molar-refractivity contribution in [1.82, 2.24) is 9.80 Å². The highest BCUT2D eigenvalue weighted by Gasteiger charge is 2.33. The molecular formula is C17H23FN2O3. The van der Waals surface area contributed by atoms with Crippen molar-refractivity contribution < 1.29 is 19.1 Å². The topological polar surface area (TPSA) is 60.9 Å². The minimum absolute atomic E-state index is 0.0266. The second kappa shape index (κ2) is 7.55. The van der Waals surface area contributed by atoms with Gasteiger partial charge in [0, 0.05) is 26.1 Å². The first-order valence-electron chi connectivity index (χ1n) is 7.85. The Labute approximate surface area is 135 Å². The van der Waals surface area contributed by atoms with Crippen molar-refractivity contribution in [3.8, 4) is 0 Å². The molecule has 1 aromatic rings. The first-order chi connectivity index (χ1) is 10.9. The van der Waals surface area contributed by atoms with Crippen LogP contribution in [0.5, 0.6) is 0 Å². The number of carbonyl (C=O) groups excluding carboxylic acids is 2. The van der Waals surface area contributed by atoms with Gasteiger partial charge in [-0.2, -0.15) is 0 Å². The Bertz CT molecular complexity index is 559. The van der Waals surface area contributed by atoms with Crippen LogP contribution in [0.4, 0.5) is 4.39 Å². The van der Waals surface area contributed by atoms with E-state index in [0.717, 1.165) is 5.56 Å². The molecular weight excluding hydrogens is 299 g/mol. The summed E-state index contributed by atoms with van der Waals surface area (Å²) in [6, 6.07) is 5.96. The highest BCUT2D eigenvalue weighted by molar-refractivity contribution is 5.81. The minimum Gasteiger partial charge on any atom is -0.387 e. The number of nitrogens with zero attached hydrogens (tertiary/aromatic N) is 2. The Balaban J connectivity index is 2.22. The van der Waals surface area contributed by atoms with Crippen LogP contribution in [0.1, 0.15) is 25.8 Å². The van der Waals surface area contributed by atoms with E-state index in [1.54, 1.807) is 21.9 Å². The van der Waals surface area contributed by atoms with Crippen LogP contribution in [0.25, 0.3) is 0 Å². The lowest BCUT2D eigenvalue weighted by molar-refractivity contribution is -0.135. The van der Waals surface area contributed by atoms with E-state index >= 15 is 0 Å². The Morgan fingerprint density at radius 1 is 1.35 bits per heavy atom. The summed E-state index contributed by atoms with van der Waals surface area (Å²) in [4.78, 5) is 27.6. The lowest BCUT2D eigenvalue weighted by atomic mass is 10.0. The summed E-state index contributed by atoms with van der Waals surface area (Å²) < 4.78 is 13.0. The standard InChI is InChI=1S/C17H23FN2O3/c1-12(2)15-10-19(17(23)11-21)8-7-16(22)20(15)9-13-3-5-14(18)6-4-13/h3-6,12,15,21H,7-11H2,1-2H3/t15-/m1/s1. The summed E-state index contributed by atoms with van der Waals surface area (Å²) in [5.74, 6) is -0.532. The van der Waals surface area contributed by atoms with Gasteiger partial charge in [-0.25, -0.2) is 4.39 Å². The molecule has 2 rings (SSSR count). The number of halogens is 1. The van der Waals surface area contributed by atoms with E-state index in [-0.39, 0.29) is 36.0 Å². The maximum Gasteiger partial charge on any atom is 0.248 e. The first-order valence-corrected chi connectivity index (χ1v) is 7.85. The van der Waals surface area contributed by atoms with Crippen LogP contribution in [0.15, 0.2) is 24.3 Å². The molecule has 0 aliphatic carbocycles. The van der Waals surface area contributed by atoms with Gasteiger partial charge in [-0.3, -0.25) is 9.59 Å². The Morgan fingerprint density at radius 3 is 2.57 bits per heavy atom. The van der Waals surface area contributed by atoms with Crippen LogP contribution < -0.4 is 0 Å². The molecule has 1 aromatic carbocycles. The van der Waals surface area contributed by atoms with Gasteiger partial charge in [0.1, 0.15) is 12.4 Å². The van der Waals surface area contributed by atoms with E-state index in [0.29, 0.717) is 19.6 Å². The average molecular weight is 322 g/mol. The molecule has 0 bridgehead atoms. The number of carbonyl (C=O) groups is 2. The molecule has 1 N–H and O–H groups in total.